The topological polar surface area (TPSA) is 29.5 Å². The third kappa shape index (κ3) is 4.24. The van der Waals surface area contributed by atoms with Crippen LogP contribution in [0, 0.1) is 11.8 Å². The number of aliphatic hydroxyl groups excluding tert-OH is 1. The van der Waals surface area contributed by atoms with E-state index in [1.165, 1.54) is 5.56 Å². The molecule has 0 heterocycles. The van der Waals surface area contributed by atoms with Crippen LogP contribution in [0.3, 0.4) is 0 Å². The van der Waals surface area contributed by atoms with Crippen molar-refractivity contribution in [3.8, 4) is 11.8 Å². The highest BCUT2D eigenvalue weighted by Crippen LogP contribution is 2.18. The summed E-state index contributed by atoms with van der Waals surface area (Å²) < 4.78 is 5.88. The predicted octanol–water partition coefficient (Wildman–Crippen LogP) is 3.31. The lowest BCUT2D eigenvalue weighted by molar-refractivity contribution is 0.0525. The molecule has 1 unspecified atom stereocenters. The Morgan fingerprint density at radius 3 is 2.65 bits per heavy atom. The minimum atomic E-state index is -0.119. The molecule has 0 aliphatic carbocycles. The Hall–Kier alpha value is -2.08. The van der Waals surface area contributed by atoms with E-state index in [-0.39, 0.29) is 12.7 Å². The fourth-order valence-corrected chi connectivity index (χ4v) is 1.92. The lowest BCUT2D eigenvalue weighted by Crippen LogP contribution is -2.00. The predicted molar refractivity (Wildman–Crippen MR) is 80.1 cm³/mol. The molecule has 0 amide bonds. The zero-order valence-corrected chi connectivity index (χ0v) is 11.5. The standard InChI is InChI=1S/C18H18O2/c1-15(18-10-3-2-4-11-18)20-14-17-8-5-7-16(13-17)9-6-12-19/h2-5,7-8,10-11,13,15,19H,12,14H2,1H3. The van der Waals surface area contributed by atoms with E-state index in [2.05, 4.69) is 24.0 Å². The number of hydrogen-bond acceptors (Lipinski definition) is 2. The number of hydrogen-bond donors (Lipinski definition) is 1. The fourth-order valence-electron chi connectivity index (χ4n) is 1.92. The lowest BCUT2D eigenvalue weighted by Gasteiger charge is -2.13. The van der Waals surface area contributed by atoms with Crippen LogP contribution in [0.4, 0.5) is 0 Å². The SMILES string of the molecule is CC(OCc1cccc(C#CCO)c1)c1ccccc1. The van der Waals surface area contributed by atoms with Gasteiger partial charge in [0.2, 0.25) is 0 Å². The molecule has 0 spiro atoms. The molecule has 0 saturated heterocycles. The van der Waals surface area contributed by atoms with Crippen molar-refractivity contribution in [2.75, 3.05) is 6.61 Å². The molecule has 20 heavy (non-hydrogen) atoms. The van der Waals surface area contributed by atoms with Gasteiger partial charge in [-0.3, -0.25) is 0 Å². The Morgan fingerprint density at radius 2 is 1.90 bits per heavy atom. The Labute approximate surface area is 120 Å². The van der Waals surface area contributed by atoms with Crippen molar-refractivity contribution in [1.82, 2.24) is 0 Å². The molecule has 0 saturated carbocycles. The van der Waals surface area contributed by atoms with E-state index < -0.39 is 0 Å². The van der Waals surface area contributed by atoms with Crippen LogP contribution in [0.25, 0.3) is 0 Å². The zero-order chi connectivity index (χ0) is 14.2. The van der Waals surface area contributed by atoms with Gasteiger partial charge in [-0.2, -0.15) is 0 Å². The summed E-state index contributed by atoms with van der Waals surface area (Å²) in [6.45, 7) is 2.47. The zero-order valence-electron chi connectivity index (χ0n) is 11.5. The second-order valence-corrected chi connectivity index (χ2v) is 4.52. The molecule has 0 aliphatic rings. The first-order chi connectivity index (χ1) is 9.79. The van der Waals surface area contributed by atoms with Gasteiger partial charge in [0.15, 0.2) is 0 Å². The highest BCUT2D eigenvalue weighted by molar-refractivity contribution is 5.37. The molecule has 2 heteroatoms. The van der Waals surface area contributed by atoms with Crippen LogP contribution in [0.1, 0.15) is 29.7 Å². The van der Waals surface area contributed by atoms with E-state index in [1.54, 1.807) is 0 Å². The van der Waals surface area contributed by atoms with Crippen LogP contribution in [-0.4, -0.2) is 11.7 Å². The van der Waals surface area contributed by atoms with E-state index >= 15 is 0 Å². The smallest absolute Gasteiger partial charge is 0.104 e. The van der Waals surface area contributed by atoms with Crippen LogP contribution in [0.5, 0.6) is 0 Å². The molecule has 1 N–H and O–H groups in total. The van der Waals surface area contributed by atoms with Crippen LogP contribution < -0.4 is 0 Å². The number of ether oxygens (including phenoxy) is 1. The summed E-state index contributed by atoms with van der Waals surface area (Å²) in [7, 11) is 0. The summed E-state index contributed by atoms with van der Waals surface area (Å²) in [5, 5.41) is 8.70. The normalized spacial score (nSPS) is 11.5. The minimum absolute atomic E-state index is 0.0587. The molecule has 0 radical (unpaired) electrons. The number of rotatable bonds is 4. The molecular formula is C18H18O2. The van der Waals surface area contributed by atoms with Gasteiger partial charge in [0, 0.05) is 5.56 Å². The first-order valence-corrected chi connectivity index (χ1v) is 6.65. The maximum Gasteiger partial charge on any atom is 0.104 e. The van der Waals surface area contributed by atoms with Gasteiger partial charge in [0.1, 0.15) is 6.61 Å². The second kappa shape index (κ2) is 7.49. The van der Waals surface area contributed by atoms with E-state index in [0.29, 0.717) is 6.61 Å². The summed E-state index contributed by atoms with van der Waals surface area (Å²) in [5.41, 5.74) is 3.15. The van der Waals surface area contributed by atoms with Gasteiger partial charge in [0.25, 0.3) is 0 Å². The molecule has 2 aromatic carbocycles. The quantitative estimate of drug-likeness (QED) is 0.860. The molecule has 0 bridgehead atoms. The van der Waals surface area contributed by atoms with Gasteiger partial charge in [-0.05, 0) is 30.2 Å². The van der Waals surface area contributed by atoms with Crippen LogP contribution >= 0.6 is 0 Å². The van der Waals surface area contributed by atoms with Gasteiger partial charge in [-0.15, -0.1) is 0 Å². The Kier molecular flexibility index (Phi) is 5.37. The van der Waals surface area contributed by atoms with Crippen molar-refractivity contribution in [3.63, 3.8) is 0 Å². The molecule has 2 nitrogen and oxygen atoms in total. The van der Waals surface area contributed by atoms with E-state index in [4.69, 9.17) is 9.84 Å². The third-order valence-electron chi connectivity index (χ3n) is 3.01. The van der Waals surface area contributed by atoms with Crippen molar-refractivity contribution in [3.05, 3.63) is 71.3 Å². The second-order valence-electron chi connectivity index (χ2n) is 4.52. The highest BCUT2D eigenvalue weighted by Gasteiger charge is 2.05. The molecule has 2 aromatic rings. The summed E-state index contributed by atoms with van der Waals surface area (Å²) in [6.07, 6.45) is 0.0587. The molecule has 102 valence electrons. The van der Waals surface area contributed by atoms with Crippen LogP contribution in [-0.2, 0) is 11.3 Å². The van der Waals surface area contributed by atoms with Crippen molar-refractivity contribution in [2.45, 2.75) is 19.6 Å². The Bertz CT molecular complexity index is 594. The largest absolute Gasteiger partial charge is 0.384 e. The Balaban J connectivity index is 1.97. The van der Waals surface area contributed by atoms with Gasteiger partial charge in [-0.1, -0.05) is 54.3 Å². The Morgan fingerprint density at radius 1 is 1.10 bits per heavy atom. The summed E-state index contributed by atoms with van der Waals surface area (Å²) >= 11 is 0. The molecular weight excluding hydrogens is 248 g/mol. The summed E-state index contributed by atoms with van der Waals surface area (Å²) in [4.78, 5) is 0. The van der Waals surface area contributed by atoms with Gasteiger partial charge in [-0.25, -0.2) is 0 Å². The lowest BCUT2D eigenvalue weighted by atomic mass is 10.1. The maximum atomic E-state index is 8.70. The first-order valence-electron chi connectivity index (χ1n) is 6.65. The maximum absolute atomic E-state index is 8.70. The summed E-state index contributed by atoms with van der Waals surface area (Å²) in [6, 6.07) is 18.0. The van der Waals surface area contributed by atoms with E-state index in [0.717, 1.165) is 11.1 Å². The summed E-state index contributed by atoms with van der Waals surface area (Å²) in [5.74, 6) is 5.55. The molecule has 0 fully saturated rings. The monoisotopic (exact) mass is 266 g/mol. The van der Waals surface area contributed by atoms with Crippen molar-refractivity contribution < 1.29 is 9.84 Å². The number of aliphatic hydroxyl groups is 1. The van der Waals surface area contributed by atoms with Crippen molar-refractivity contribution in [2.24, 2.45) is 0 Å². The van der Waals surface area contributed by atoms with Crippen molar-refractivity contribution >= 4 is 0 Å². The average molecular weight is 266 g/mol. The van der Waals surface area contributed by atoms with Gasteiger partial charge in [0.05, 0.1) is 12.7 Å². The fraction of sp³-hybridized carbons (Fsp3) is 0.222. The third-order valence-corrected chi connectivity index (χ3v) is 3.01. The first kappa shape index (κ1) is 14.3. The highest BCUT2D eigenvalue weighted by atomic mass is 16.5. The molecule has 2 rings (SSSR count). The average Bonchev–Trinajstić information content (AvgIpc) is 2.52. The van der Waals surface area contributed by atoms with Crippen LogP contribution in [0.15, 0.2) is 54.6 Å². The minimum Gasteiger partial charge on any atom is -0.384 e. The van der Waals surface area contributed by atoms with E-state index in [9.17, 15) is 0 Å². The number of benzene rings is 2. The van der Waals surface area contributed by atoms with Crippen LogP contribution in [0.2, 0.25) is 0 Å². The van der Waals surface area contributed by atoms with E-state index in [1.807, 2.05) is 49.4 Å². The van der Waals surface area contributed by atoms with Gasteiger partial charge < -0.3 is 9.84 Å². The van der Waals surface area contributed by atoms with Crippen molar-refractivity contribution in [1.29, 1.82) is 0 Å². The molecule has 0 aliphatic heterocycles. The molecule has 1 atom stereocenters. The van der Waals surface area contributed by atoms with Gasteiger partial charge >= 0.3 is 0 Å². The molecule has 0 aromatic heterocycles.